The number of halogens is 1. The van der Waals surface area contributed by atoms with E-state index in [9.17, 15) is 22.9 Å². The number of aromatic nitrogens is 1. The quantitative estimate of drug-likeness (QED) is 0.144. The summed E-state index contributed by atoms with van der Waals surface area (Å²) in [5, 5.41) is 14.8. The van der Waals surface area contributed by atoms with Crippen LogP contribution in [0, 0.1) is 11.8 Å². The number of alkyl halides is 1. The van der Waals surface area contributed by atoms with Crippen LogP contribution in [0.1, 0.15) is 46.1 Å². The molecule has 4 N–H and O–H groups in total. The third-order valence-electron chi connectivity index (χ3n) is 9.53. The lowest BCUT2D eigenvalue weighted by Crippen LogP contribution is -2.53. The van der Waals surface area contributed by atoms with Gasteiger partial charge in [-0.3, -0.25) is 4.57 Å². The Hall–Kier alpha value is -2.93. The van der Waals surface area contributed by atoms with Gasteiger partial charge in [0, 0.05) is 24.9 Å². The van der Waals surface area contributed by atoms with Crippen molar-refractivity contribution >= 4 is 50.4 Å². The van der Waals surface area contributed by atoms with Crippen molar-refractivity contribution in [3.8, 4) is 5.75 Å². The number of benzene rings is 2. The van der Waals surface area contributed by atoms with Crippen molar-refractivity contribution in [2.75, 3.05) is 45.0 Å². The highest BCUT2D eigenvalue weighted by Gasteiger charge is 2.53. The molecule has 3 heterocycles. The molecule has 2 aliphatic heterocycles. The van der Waals surface area contributed by atoms with Gasteiger partial charge in [-0.1, -0.05) is 23.5 Å². The maximum atomic E-state index is 15.2. The molecule has 54 heavy (non-hydrogen) atoms. The highest BCUT2D eigenvalue weighted by molar-refractivity contribution is 7.89. The number of nitrogens with two attached hydrogens (primary N) is 1. The normalized spacial score (nSPS) is 23.8. The Kier molecular flexibility index (Phi) is 12.6. The van der Waals surface area contributed by atoms with Gasteiger partial charge in [0.2, 0.25) is 10.0 Å². The molecular formula is C35H48FN4O11PS2. The molecular weight excluding hydrogens is 767 g/mol. The summed E-state index contributed by atoms with van der Waals surface area (Å²) < 4.78 is 91.6. The molecule has 1 saturated carbocycles. The fourth-order valence-corrected chi connectivity index (χ4v) is 11.0. The summed E-state index contributed by atoms with van der Waals surface area (Å²) in [6.07, 6.45) is -2.32. The van der Waals surface area contributed by atoms with Crippen LogP contribution < -0.4 is 15.8 Å². The van der Waals surface area contributed by atoms with Crippen LogP contribution in [-0.2, 0) is 44.3 Å². The summed E-state index contributed by atoms with van der Waals surface area (Å²) in [6, 6.07) is 9.81. The average molecular weight is 815 g/mol. The number of rotatable bonds is 18. The molecule has 2 aromatic carbocycles. The number of carbonyl (C=O) groups excluding carboxylic acids is 1. The zero-order valence-corrected chi connectivity index (χ0v) is 33.1. The van der Waals surface area contributed by atoms with Gasteiger partial charge in [0.15, 0.2) is 17.8 Å². The number of amides is 1. The molecule has 19 heteroatoms. The predicted molar refractivity (Wildman–Crippen MR) is 199 cm³/mol. The van der Waals surface area contributed by atoms with Gasteiger partial charge in [-0.25, -0.2) is 22.6 Å². The lowest BCUT2D eigenvalue weighted by molar-refractivity contribution is -0.153. The highest BCUT2D eigenvalue weighted by atomic mass is 32.2. The predicted octanol–water partition coefficient (Wildman–Crippen LogP) is 5.07. The van der Waals surface area contributed by atoms with Gasteiger partial charge in [0.25, 0.3) is 0 Å². The summed E-state index contributed by atoms with van der Waals surface area (Å²) in [7, 11) is -7.85. The maximum absolute atomic E-state index is 15.2. The molecule has 2 saturated heterocycles. The number of carbonyl (C=O) groups is 1. The Morgan fingerprint density at radius 3 is 2.57 bits per heavy atom. The van der Waals surface area contributed by atoms with Gasteiger partial charge in [0.1, 0.15) is 17.5 Å². The molecule has 1 amide bonds. The maximum Gasteiger partial charge on any atom is 0.407 e. The molecule has 1 aromatic heterocycles. The SMILES string of the molecule is CCOP(=O)(COc1ccc(C[C@H](NC(=O)OC2C3COC4OC2CC4C3)[C@H](O)CN(CC(C)(C)F)S(=O)(=O)c2ccc3nc(N)sc3c2)cc1)OCC. The number of alkyl carbamates (subject to hydrolysis) is 1. The number of nitrogens with one attached hydrogen (secondary N) is 1. The Balaban J connectivity index is 1.22. The van der Waals surface area contributed by atoms with E-state index in [-0.39, 0.29) is 60.2 Å². The summed E-state index contributed by atoms with van der Waals surface area (Å²) in [5.41, 5.74) is 4.99. The molecule has 298 valence electrons. The van der Waals surface area contributed by atoms with Gasteiger partial charge in [-0.15, -0.1) is 0 Å². The van der Waals surface area contributed by atoms with E-state index in [2.05, 4.69) is 10.3 Å². The summed E-state index contributed by atoms with van der Waals surface area (Å²) in [5.74, 6) is 0.577. The molecule has 5 unspecified atom stereocenters. The second-order valence-corrected chi connectivity index (χ2v) is 19.3. The van der Waals surface area contributed by atoms with Gasteiger partial charge >= 0.3 is 13.7 Å². The van der Waals surface area contributed by atoms with Crippen molar-refractivity contribution in [3.05, 3.63) is 48.0 Å². The summed E-state index contributed by atoms with van der Waals surface area (Å²) in [4.78, 5) is 17.6. The van der Waals surface area contributed by atoms with Gasteiger partial charge < -0.3 is 44.2 Å². The molecule has 15 nitrogen and oxygen atoms in total. The second kappa shape index (κ2) is 16.7. The molecule has 0 spiro atoms. The van der Waals surface area contributed by atoms with E-state index >= 15 is 4.39 Å². The van der Waals surface area contributed by atoms with Crippen LogP contribution in [0.4, 0.5) is 14.3 Å². The number of thiazole rings is 1. The Morgan fingerprint density at radius 1 is 1.17 bits per heavy atom. The number of fused-ring (bicyclic) bond motifs is 3. The van der Waals surface area contributed by atoms with Crippen LogP contribution in [0.2, 0.25) is 0 Å². The molecule has 7 atom stereocenters. The number of nitrogen functional groups attached to an aromatic ring is 1. The fourth-order valence-electron chi connectivity index (χ4n) is 7.18. The molecule has 3 fully saturated rings. The highest BCUT2D eigenvalue weighted by Crippen LogP contribution is 2.48. The van der Waals surface area contributed by atoms with E-state index in [1.165, 1.54) is 32.0 Å². The van der Waals surface area contributed by atoms with E-state index < -0.39 is 60.7 Å². The van der Waals surface area contributed by atoms with Gasteiger partial charge in [0.05, 0.1) is 53.2 Å². The Morgan fingerprint density at radius 2 is 1.89 bits per heavy atom. The second-order valence-electron chi connectivity index (χ2n) is 14.3. The monoisotopic (exact) mass is 814 g/mol. The van der Waals surface area contributed by atoms with Crippen LogP contribution in [-0.4, -0.2) is 104 Å². The fraction of sp³-hybridized carbons (Fsp3) is 0.600. The topological polar surface area (TPSA) is 198 Å². The molecule has 3 aliphatic rings. The number of aliphatic hydroxyl groups excluding tert-OH is 1. The number of ether oxygens (including phenoxy) is 4. The lowest BCUT2D eigenvalue weighted by atomic mass is 9.78. The number of anilines is 1. The molecule has 6 rings (SSSR count). The largest absolute Gasteiger partial charge is 0.481 e. The number of aliphatic hydroxyl groups is 1. The van der Waals surface area contributed by atoms with Crippen molar-refractivity contribution in [1.29, 1.82) is 0 Å². The molecule has 3 bridgehead atoms. The van der Waals surface area contributed by atoms with Crippen LogP contribution >= 0.6 is 18.9 Å². The minimum absolute atomic E-state index is 0.0211. The van der Waals surface area contributed by atoms with Crippen molar-refractivity contribution < 1.29 is 55.3 Å². The minimum atomic E-state index is -4.38. The Bertz CT molecular complexity index is 1910. The first-order valence-electron chi connectivity index (χ1n) is 17.9. The average Bonchev–Trinajstić information content (AvgIpc) is 3.63. The van der Waals surface area contributed by atoms with Crippen LogP contribution in [0.3, 0.4) is 0 Å². The van der Waals surface area contributed by atoms with E-state index in [4.69, 9.17) is 33.7 Å². The zero-order chi connectivity index (χ0) is 38.8. The number of hydrogen-bond donors (Lipinski definition) is 3. The third kappa shape index (κ3) is 9.71. The van der Waals surface area contributed by atoms with E-state index in [1.54, 1.807) is 38.1 Å². The van der Waals surface area contributed by atoms with E-state index in [0.29, 0.717) is 34.6 Å². The van der Waals surface area contributed by atoms with Crippen LogP contribution in [0.15, 0.2) is 47.4 Å². The number of sulfonamides is 1. The van der Waals surface area contributed by atoms with Gasteiger partial charge in [-0.05, 0) is 82.9 Å². The Labute approximate surface area is 318 Å². The van der Waals surface area contributed by atoms with Crippen molar-refractivity contribution in [2.24, 2.45) is 11.8 Å². The smallest absolute Gasteiger partial charge is 0.407 e. The lowest BCUT2D eigenvalue weighted by Gasteiger charge is -2.37. The summed E-state index contributed by atoms with van der Waals surface area (Å²) >= 11 is 1.11. The van der Waals surface area contributed by atoms with Crippen LogP contribution in [0.25, 0.3) is 10.2 Å². The van der Waals surface area contributed by atoms with Crippen molar-refractivity contribution in [3.63, 3.8) is 0 Å². The first-order valence-corrected chi connectivity index (χ1v) is 21.9. The molecule has 0 radical (unpaired) electrons. The minimum Gasteiger partial charge on any atom is -0.481 e. The van der Waals surface area contributed by atoms with E-state index in [0.717, 1.165) is 22.1 Å². The standard InChI is InChI=1S/C35H48FN4O11PS2/c1-5-48-52(43,49-6-2)20-47-24-9-7-21(8-10-24)13-27(39-34(42)51-31-23-14-22-15-29(31)50-32(22)46-18-23)28(41)17-40(19-35(3,4)36)54(44,45)25-11-12-26-30(16-25)53-33(37)38-26/h7-12,16,22-23,27-29,31-32,41H,5-6,13-15,17-20H2,1-4H3,(H2,37,38)(H,39,42)/t22?,23?,27-,28+,29?,31?,32?/m0/s1. The van der Waals surface area contributed by atoms with E-state index in [1.807, 2.05) is 0 Å². The van der Waals surface area contributed by atoms with Gasteiger partial charge in [-0.2, -0.15) is 4.31 Å². The molecule has 3 aromatic rings. The summed E-state index contributed by atoms with van der Waals surface area (Å²) in [6.45, 7) is 5.49. The third-order valence-corrected chi connectivity index (χ3v) is 13.9. The first-order chi connectivity index (χ1) is 25.6. The van der Waals surface area contributed by atoms with Crippen LogP contribution in [0.5, 0.6) is 5.75 Å². The van der Waals surface area contributed by atoms with Crippen molar-refractivity contribution in [2.45, 2.75) is 88.2 Å². The molecule has 1 aliphatic carbocycles. The number of hydrogen-bond acceptors (Lipinski definition) is 14. The van der Waals surface area contributed by atoms with Crippen molar-refractivity contribution in [1.82, 2.24) is 14.6 Å². The number of nitrogens with zero attached hydrogens (tertiary/aromatic N) is 2. The first kappa shape index (κ1) is 40.7. The zero-order valence-electron chi connectivity index (χ0n) is 30.6.